The summed E-state index contributed by atoms with van der Waals surface area (Å²) in [4.78, 5) is 32.5. The van der Waals surface area contributed by atoms with E-state index in [2.05, 4.69) is 10.3 Å². The molecule has 0 aliphatic carbocycles. The van der Waals surface area contributed by atoms with E-state index in [1.165, 1.54) is 0 Å². The molecule has 144 valence electrons. The lowest BCUT2D eigenvalue weighted by Crippen LogP contribution is -2.44. The number of benzene rings is 1. The summed E-state index contributed by atoms with van der Waals surface area (Å²) < 4.78 is 0. The zero-order valence-electron chi connectivity index (χ0n) is 16.4. The van der Waals surface area contributed by atoms with Crippen LogP contribution in [0.4, 0.5) is 5.69 Å². The quantitative estimate of drug-likeness (QED) is 0.844. The van der Waals surface area contributed by atoms with E-state index >= 15 is 0 Å². The number of aromatic nitrogens is 1. The molecule has 1 unspecified atom stereocenters. The maximum Gasteiger partial charge on any atom is 0.247 e. The zero-order chi connectivity index (χ0) is 19.6. The summed E-state index contributed by atoms with van der Waals surface area (Å²) in [7, 11) is 0. The molecule has 1 aromatic carbocycles. The monoisotopic (exact) mass is 385 g/mol. The Balaban J connectivity index is 1.66. The number of hydrogen-bond acceptors (Lipinski definition) is 4. The Morgan fingerprint density at radius 2 is 1.96 bits per heavy atom. The van der Waals surface area contributed by atoms with E-state index < -0.39 is 0 Å². The molecule has 1 aromatic heterocycles. The molecule has 2 heterocycles. The van der Waals surface area contributed by atoms with Crippen molar-refractivity contribution >= 4 is 28.8 Å². The van der Waals surface area contributed by atoms with Crippen LogP contribution >= 0.6 is 11.3 Å². The van der Waals surface area contributed by atoms with Crippen LogP contribution < -0.4 is 5.32 Å². The molecule has 2 amide bonds. The van der Waals surface area contributed by atoms with E-state index in [-0.39, 0.29) is 23.3 Å². The van der Waals surface area contributed by atoms with E-state index in [0.29, 0.717) is 13.0 Å². The average Bonchev–Trinajstić information content (AvgIpc) is 3.23. The molecule has 1 N–H and O–H groups in total. The van der Waals surface area contributed by atoms with Crippen LogP contribution in [0.1, 0.15) is 45.7 Å². The fraction of sp³-hybridized carbons (Fsp3) is 0.476. The second-order valence-electron chi connectivity index (χ2n) is 8.32. The van der Waals surface area contributed by atoms with Gasteiger partial charge in [0.15, 0.2) is 0 Å². The zero-order valence-corrected chi connectivity index (χ0v) is 17.2. The molecule has 6 heteroatoms. The number of anilines is 1. The van der Waals surface area contributed by atoms with Crippen molar-refractivity contribution in [2.24, 2.45) is 5.41 Å². The molecular weight excluding hydrogens is 358 g/mol. The van der Waals surface area contributed by atoms with Crippen LogP contribution in [0.15, 0.2) is 29.8 Å². The van der Waals surface area contributed by atoms with Gasteiger partial charge in [-0.1, -0.05) is 32.9 Å². The maximum atomic E-state index is 12.7. The molecule has 1 aliphatic heterocycles. The van der Waals surface area contributed by atoms with Crippen LogP contribution in [0.5, 0.6) is 0 Å². The third-order valence-corrected chi connectivity index (χ3v) is 5.70. The summed E-state index contributed by atoms with van der Waals surface area (Å²) in [6.07, 6.45) is 2.05. The van der Waals surface area contributed by atoms with Gasteiger partial charge >= 0.3 is 0 Å². The van der Waals surface area contributed by atoms with Gasteiger partial charge in [-0.05, 0) is 42.9 Å². The summed E-state index contributed by atoms with van der Waals surface area (Å²) in [6.45, 7) is 8.79. The Bertz CT molecular complexity index is 821. The first-order valence-electron chi connectivity index (χ1n) is 9.35. The Kier molecular flexibility index (Phi) is 5.65. The highest BCUT2D eigenvalue weighted by Gasteiger charge is 2.35. The van der Waals surface area contributed by atoms with E-state index in [9.17, 15) is 9.59 Å². The highest BCUT2D eigenvalue weighted by molar-refractivity contribution is 7.13. The molecule has 1 aliphatic rings. The van der Waals surface area contributed by atoms with Gasteiger partial charge in [0, 0.05) is 18.7 Å². The van der Waals surface area contributed by atoms with Crippen LogP contribution in [0.25, 0.3) is 10.4 Å². The molecule has 0 spiro atoms. The van der Waals surface area contributed by atoms with E-state index in [4.69, 9.17) is 0 Å². The highest BCUT2D eigenvalue weighted by atomic mass is 32.1. The van der Waals surface area contributed by atoms with Crippen molar-refractivity contribution in [2.45, 2.75) is 53.0 Å². The minimum absolute atomic E-state index is 0.0659. The number of thiazole rings is 1. The first-order chi connectivity index (χ1) is 12.7. The Morgan fingerprint density at radius 1 is 1.26 bits per heavy atom. The predicted molar refractivity (Wildman–Crippen MR) is 110 cm³/mol. The number of nitrogens with zero attached hydrogens (tertiary/aromatic N) is 2. The van der Waals surface area contributed by atoms with Gasteiger partial charge in [-0.2, -0.15) is 0 Å². The summed E-state index contributed by atoms with van der Waals surface area (Å²) in [6, 6.07) is 7.43. The smallest absolute Gasteiger partial charge is 0.247 e. The lowest BCUT2D eigenvalue weighted by Gasteiger charge is -2.27. The number of aryl methyl sites for hydroxylation is 1. The molecule has 1 fully saturated rings. The first kappa shape index (κ1) is 19.5. The number of carbonyl (C=O) groups excluding carboxylic acids is 2. The summed E-state index contributed by atoms with van der Waals surface area (Å²) in [5, 5.41) is 2.97. The largest absolute Gasteiger partial charge is 0.331 e. The number of rotatable bonds is 4. The number of amides is 2. The minimum atomic E-state index is -0.372. The van der Waals surface area contributed by atoms with E-state index in [1.807, 2.05) is 57.5 Å². The molecule has 5 nitrogen and oxygen atoms in total. The van der Waals surface area contributed by atoms with Gasteiger partial charge in [0.2, 0.25) is 11.8 Å². The molecule has 1 atom stereocenters. The standard InChI is InChI=1S/C21H27N3O2S/c1-14-19(27-13-22-14)15-7-9-16(10-8-15)23-20(26)17-6-5-11-24(17)18(25)12-21(2,3)4/h7-10,13,17H,5-6,11-12H2,1-4H3,(H,23,26). The van der Waals surface area contributed by atoms with Gasteiger partial charge in [0.1, 0.15) is 6.04 Å². The van der Waals surface area contributed by atoms with Crippen LogP contribution in [0.3, 0.4) is 0 Å². The first-order valence-corrected chi connectivity index (χ1v) is 10.2. The topological polar surface area (TPSA) is 62.3 Å². The molecule has 0 bridgehead atoms. The lowest BCUT2D eigenvalue weighted by atomic mass is 9.91. The Labute approximate surface area is 164 Å². The summed E-state index contributed by atoms with van der Waals surface area (Å²) in [5.41, 5.74) is 4.61. The third kappa shape index (κ3) is 4.75. The fourth-order valence-corrected chi connectivity index (χ4v) is 4.21. The number of likely N-dealkylation sites (tertiary alicyclic amines) is 1. The predicted octanol–water partition coefficient (Wildman–Crippen LogP) is 4.48. The second-order valence-corrected chi connectivity index (χ2v) is 9.17. The number of nitrogens with one attached hydrogen (secondary N) is 1. The lowest BCUT2D eigenvalue weighted by molar-refractivity contribution is -0.138. The third-order valence-electron chi connectivity index (χ3n) is 4.72. The van der Waals surface area contributed by atoms with Gasteiger partial charge in [0.25, 0.3) is 0 Å². The Morgan fingerprint density at radius 3 is 2.56 bits per heavy atom. The number of carbonyl (C=O) groups is 2. The van der Waals surface area contributed by atoms with Crippen molar-refractivity contribution in [3.05, 3.63) is 35.5 Å². The van der Waals surface area contributed by atoms with Crippen molar-refractivity contribution in [3.8, 4) is 10.4 Å². The van der Waals surface area contributed by atoms with Gasteiger partial charge in [-0.3, -0.25) is 9.59 Å². The second kappa shape index (κ2) is 7.80. The normalized spacial score (nSPS) is 17.2. The average molecular weight is 386 g/mol. The molecule has 2 aromatic rings. The highest BCUT2D eigenvalue weighted by Crippen LogP contribution is 2.29. The van der Waals surface area contributed by atoms with Crippen LogP contribution in [0.2, 0.25) is 0 Å². The van der Waals surface area contributed by atoms with Crippen molar-refractivity contribution < 1.29 is 9.59 Å². The van der Waals surface area contributed by atoms with Crippen LogP contribution in [0, 0.1) is 12.3 Å². The SMILES string of the molecule is Cc1ncsc1-c1ccc(NC(=O)C2CCCN2C(=O)CC(C)(C)C)cc1. The van der Waals surface area contributed by atoms with Gasteiger partial charge in [0.05, 0.1) is 16.1 Å². The maximum absolute atomic E-state index is 12.7. The van der Waals surface area contributed by atoms with Crippen molar-refractivity contribution in [1.29, 1.82) is 0 Å². The van der Waals surface area contributed by atoms with E-state index in [0.717, 1.165) is 34.7 Å². The van der Waals surface area contributed by atoms with Crippen molar-refractivity contribution in [1.82, 2.24) is 9.88 Å². The molecular formula is C21H27N3O2S. The molecule has 3 rings (SSSR count). The Hall–Kier alpha value is -2.21. The fourth-order valence-electron chi connectivity index (χ4n) is 3.40. The summed E-state index contributed by atoms with van der Waals surface area (Å²) >= 11 is 1.61. The van der Waals surface area contributed by atoms with Crippen molar-refractivity contribution in [2.75, 3.05) is 11.9 Å². The van der Waals surface area contributed by atoms with Gasteiger partial charge < -0.3 is 10.2 Å². The van der Waals surface area contributed by atoms with Crippen LogP contribution in [-0.2, 0) is 9.59 Å². The summed E-state index contributed by atoms with van der Waals surface area (Å²) in [5.74, 6) is -0.0346. The van der Waals surface area contributed by atoms with Crippen LogP contribution in [-0.4, -0.2) is 34.3 Å². The molecule has 1 saturated heterocycles. The van der Waals surface area contributed by atoms with Crippen molar-refractivity contribution in [3.63, 3.8) is 0 Å². The molecule has 0 saturated carbocycles. The van der Waals surface area contributed by atoms with E-state index in [1.54, 1.807) is 16.2 Å². The van der Waals surface area contributed by atoms with Gasteiger partial charge in [-0.25, -0.2) is 4.98 Å². The minimum Gasteiger partial charge on any atom is -0.331 e. The number of hydrogen-bond donors (Lipinski definition) is 1. The van der Waals surface area contributed by atoms with Gasteiger partial charge in [-0.15, -0.1) is 11.3 Å². The molecule has 27 heavy (non-hydrogen) atoms. The molecule has 0 radical (unpaired) electrons.